The van der Waals surface area contributed by atoms with Gasteiger partial charge in [0.25, 0.3) is 0 Å². The van der Waals surface area contributed by atoms with Crippen molar-refractivity contribution in [3.8, 4) is 0 Å². The molecule has 0 aromatic rings. The minimum Gasteiger partial charge on any atom is -0.390 e. The first-order chi connectivity index (χ1) is 14.4. The first-order valence-electron chi connectivity index (χ1n) is 12.3. The van der Waals surface area contributed by atoms with Gasteiger partial charge >= 0.3 is 0 Å². The van der Waals surface area contributed by atoms with Gasteiger partial charge in [0.1, 0.15) is 6.10 Å². The molecule has 174 valence electrons. The van der Waals surface area contributed by atoms with E-state index < -0.39 is 17.8 Å². The first-order valence-corrected chi connectivity index (χ1v) is 12.3. The summed E-state index contributed by atoms with van der Waals surface area (Å²) in [5, 5.41) is 30.5. The van der Waals surface area contributed by atoms with Gasteiger partial charge in [0.2, 0.25) is 0 Å². The molecule has 0 aromatic heterocycles. The molecule has 3 aliphatic rings. The van der Waals surface area contributed by atoms with Gasteiger partial charge in [-0.3, -0.25) is 0 Å². The molecule has 0 radical (unpaired) electrons. The van der Waals surface area contributed by atoms with Gasteiger partial charge in [0.05, 0.1) is 11.7 Å². The van der Waals surface area contributed by atoms with Gasteiger partial charge in [-0.05, 0) is 92.3 Å². The topological polar surface area (TPSA) is 60.7 Å². The third-order valence-electron chi connectivity index (χ3n) is 8.61. The lowest BCUT2D eigenvalue weighted by atomic mass is 9.60. The Hall–Kier alpha value is -1.16. The van der Waals surface area contributed by atoms with Gasteiger partial charge in [-0.2, -0.15) is 0 Å². The van der Waals surface area contributed by atoms with Crippen LogP contribution in [-0.2, 0) is 0 Å². The Bertz CT molecular complexity index is 753. The highest BCUT2D eigenvalue weighted by Gasteiger charge is 2.50. The van der Waals surface area contributed by atoms with E-state index in [1.54, 1.807) is 0 Å². The fourth-order valence-electron chi connectivity index (χ4n) is 6.71. The van der Waals surface area contributed by atoms with E-state index in [4.69, 9.17) is 0 Å². The van der Waals surface area contributed by atoms with Crippen molar-refractivity contribution in [2.24, 2.45) is 23.2 Å². The Morgan fingerprint density at radius 1 is 1.19 bits per heavy atom. The Morgan fingerprint density at radius 2 is 1.90 bits per heavy atom. The second-order valence-electron chi connectivity index (χ2n) is 11.4. The van der Waals surface area contributed by atoms with Crippen molar-refractivity contribution in [3.05, 3.63) is 47.6 Å². The highest BCUT2D eigenvalue weighted by atomic mass is 16.3. The zero-order chi connectivity index (χ0) is 23.0. The summed E-state index contributed by atoms with van der Waals surface area (Å²) in [6.07, 6.45) is 12.7. The second kappa shape index (κ2) is 9.37. The van der Waals surface area contributed by atoms with Crippen molar-refractivity contribution < 1.29 is 15.3 Å². The molecular weight excluding hydrogens is 384 g/mol. The zero-order valence-electron chi connectivity index (χ0n) is 20.2. The van der Waals surface area contributed by atoms with E-state index in [1.165, 1.54) is 37.7 Å². The van der Waals surface area contributed by atoms with E-state index in [0.717, 1.165) is 30.8 Å². The van der Waals surface area contributed by atoms with Gasteiger partial charge in [-0.25, -0.2) is 0 Å². The first kappa shape index (κ1) is 24.5. The van der Waals surface area contributed by atoms with Crippen LogP contribution < -0.4 is 0 Å². The van der Waals surface area contributed by atoms with E-state index in [0.29, 0.717) is 34.8 Å². The summed E-state index contributed by atoms with van der Waals surface area (Å²) in [7, 11) is 0. The van der Waals surface area contributed by atoms with Crippen LogP contribution in [0.15, 0.2) is 47.6 Å². The molecule has 0 amide bonds. The van der Waals surface area contributed by atoms with Crippen molar-refractivity contribution >= 4 is 0 Å². The molecule has 6 atom stereocenters. The standard InChI is InChI=1S/C28H44O3/c1-18(9-7-15-27(4,5)31)23-13-14-24-21(10-8-16-28(23,24)6)11-12-22-17-25(29)20(3)26(30)19(22)2/h11-12,18,23-26,29-31H,2-3,7-10,13-17H2,1,4-6H3/t18-,23-,24?,25-,26-,28-/m1/s1. The lowest BCUT2D eigenvalue weighted by Crippen LogP contribution is -2.36. The quantitative estimate of drug-likeness (QED) is 0.464. The third kappa shape index (κ3) is 5.26. The van der Waals surface area contributed by atoms with E-state index in [9.17, 15) is 15.3 Å². The summed E-state index contributed by atoms with van der Waals surface area (Å²) in [6, 6.07) is 0. The Kier molecular flexibility index (Phi) is 7.40. The SMILES string of the molecule is C=C1C(=CC=C2CCC[C@@]3(C)C2CC[C@@H]3[C@H](C)CCCC(C)(C)O)C[C@@H](O)C(=C)[C@@H]1O. The van der Waals surface area contributed by atoms with Crippen LogP contribution in [0.1, 0.15) is 85.5 Å². The summed E-state index contributed by atoms with van der Waals surface area (Å²) in [4.78, 5) is 0. The fourth-order valence-corrected chi connectivity index (χ4v) is 6.71. The maximum Gasteiger partial charge on any atom is 0.102 e. The van der Waals surface area contributed by atoms with Crippen molar-refractivity contribution in [1.82, 2.24) is 0 Å². The van der Waals surface area contributed by atoms with Gasteiger partial charge in [-0.1, -0.05) is 57.6 Å². The number of hydrogen-bond acceptors (Lipinski definition) is 3. The normalized spacial score (nSPS) is 38.0. The molecule has 3 rings (SSSR count). The van der Waals surface area contributed by atoms with Crippen LogP contribution in [0.3, 0.4) is 0 Å². The van der Waals surface area contributed by atoms with Crippen molar-refractivity contribution in [1.29, 1.82) is 0 Å². The molecule has 31 heavy (non-hydrogen) atoms. The van der Waals surface area contributed by atoms with Crippen LogP contribution in [-0.4, -0.2) is 33.1 Å². The van der Waals surface area contributed by atoms with Crippen molar-refractivity contribution in [2.45, 2.75) is 103 Å². The second-order valence-corrected chi connectivity index (χ2v) is 11.4. The van der Waals surface area contributed by atoms with E-state index in [2.05, 4.69) is 39.2 Å². The highest BCUT2D eigenvalue weighted by Crippen LogP contribution is 2.60. The average Bonchev–Trinajstić information content (AvgIpc) is 3.04. The van der Waals surface area contributed by atoms with Crippen molar-refractivity contribution in [3.63, 3.8) is 0 Å². The summed E-state index contributed by atoms with van der Waals surface area (Å²) >= 11 is 0. The summed E-state index contributed by atoms with van der Waals surface area (Å²) < 4.78 is 0. The highest BCUT2D eigenvalue weighted by molar-refractivity contribution is 5.45. The number of allylic oxidation sites excluding steroid dienone is 3. The van der Waals surface area contributed by atoms with Crippen LogP contribution in [0.2, 0.25) is 0 Å². The monoisotopic (exact) mass is 428 g/mol. The van der Waals surface area contributed by atoms with Gasteiger partial charge < -0.3 is 15.3 Å². The molecule has 3 saturated carbocycles. The molecule has 3 N–H and O–H groups in total. The Morgan fingerprint density at radius 3 is 2.58 bits per heavy atom. The minimum atomic E-state index is -0.842. The van der Waals surface area contributed by atoms with E-state index >= 15 is 0 Å². The molecule has 3 fully saturated rings. The molecule has 0 aromatic carbocycles. The van der Waals surface area contributed by atoms with Crippen LogP contribution in [0.5, 0.6) is 0 Å². The largest absolute Gasteiger partial charge is 0.390 e. The maximum atomic E-state index is 10.3. The smallest absolute Gasteiger partial charge is 0.102 e. The summed E-state index contributed by atoms with van der Waals surface area (Å²) in [5.41, 5.74) is 3.41. The lowest BCUT2D eigenvalue weighted by Gasteiger charge is -2.44. The van der Waals surface area contributed by atoms with Gasteiger partial charge in [0.15, 0.2) is 0 Å². The average molecular weight is 429 g/mol. The predicted octanol–water partition coefficient (Wildman–Crippen LogP) is 5.87. The molecule has 1 unspecified atom stereocenters. The Labute approximate surface area is 189 Å². The minimum absolute atomic E-state index is 0.355. The molecule has 3 heteroatoms. The number of aliphatic hydroxyl groups is 3. The molecule has 0 saturated heterocycles. The number of fused-ring (bicyclic) bond motifs is 1. The van der Waals surface area contributed by atoms with Crippen LogP contribution in [0.4, 0.5) is 0 Å². The molecule has 3 aliphatic carbocycles. The Balaban J connectivity index is 1.72. The number of hydrogen-bond donors (Lipinski definition) is 3. The van der Waals surface area contributed by atoms with Gasteiger partial charge in [-0.15, -0.1) is 0 Å². The number of aliphatic hydroxyl groups excluding tert-OH is 2. The molecule has 0 aliphatic heterocycles. The van der Waals surface area contributed by atoms with Crippen LogP contribution >= 0.6 is 0 Å². The van der Waals surface area contributed by atoms with Crippen molar-refractivity contribution in [2.75, 3.05) is 0 Å². The predicted molar refractivity (Wildman–Crippen MR) is 129 cm³/mol. The summed E-state index contributed by atoms with van der Waals surface area (Å²) in [5.74, 6) is 2.05. The van der Waals surface area contributed by atoms with Gasteiger partial charge in [0, 0.05) is 6.42 Å². The molecule has 0 spiro atoms. The maximum absolute atomic E-state index is 10.3. The van der Waals surface area contributed by atoms with E-state index in [1.807, 2.05) is 13.8 Å². The van der Waals surface area contributed by atoms with E-state index in [-0.39, 0.29) is 0 Å². The zero-order valence-corrected chi connectivity index (χ0v) is 20.2. The van der Waals surface area contributed by atoms with Crippen LogP contribution in [0, 0.1) is 23.2 Å². The third-order valence-corrected chi connectivity index (χ3v) is 8.61. The van der Waals surface area contributed by atoms with Crippen LogP contribution in [0.25, 0.3) is 0 Å². The molecule has 0 bridgehead atoms. The number of rotatable bonds is 6. The fraction of sp³-hybridized carbons (Fsp3) is 0.714. The molecular formula is C28H44O3. The molecule has 3 nitrogen and oxygen atoms in total. The lowest BCUT2D eigenvalue weighted by molar-refractivity contribution is 0.0596. The summed E-state index contributed by atoms with van der Waals surface area (Å²) in [6.45, 7) is 16.6. The molecule has 0 heterocycles.